The molecule has 0 radical (unpaired) electrons. The Kier molecular flexibility index (Phi) is 3.65. The zero-order chi connectivity index (χ0) is 10.7. The Balaban J connectivity index is 1.92. The average molecular weight is 212 g/mol. The number of hydrogen-bond acceptors (Lipinski definition) is 3. The lowest BCUT2D eigenvalue weighted by Crippen LogP contribution is -2.32. The maximum atomic E-state index is 5.56. The van der Waals surface area contributed by atoms with Crippen LogP contribution in [0.1, 0.15) is 25.7 Å². The van der Waals surface area contributed by atoms with Gasteiger partial charge >= 0.3 is 0 Å². The summed E-state index contributed by atoms with van der Waals surface area (Å²) in [6.45, 7) is 5.47. The van der Waals surface area contributed by atoms with E-state index in [1.54, 1.807) is 0 Å². The van der Waals surface area contributed by atoms with Gasteiger partial charge < -0.3 is 15.4 Å². The van der Waals surface area contributed by atoms with Crippen LogP contribution < -0.4 is 5.73 Å². The van der Waals surface area contributed by atoms with Crippen LogP contribution in [0.25, 0.3) is 0 Å². The number of nitrogens with zero attached hydrogens (tertiary/aromatic N) is 1. The zero-order valence-electron chi connectivity index (χ0n) is 9.87. The first kappa shape index (κ1) is 11.4. The first-order chi connectivity index (χ1) is 7.30. The van der Waals surface area contributed by atoms with Crippen LogP contribution in [0.15, 0.2) is 0 Å². The van der Waals surface area contributed by atoms with Crippen LogP contribution in [0.3, 0.4) is 0 Å². The van der Waals surface area contributed by atoms with Crippen LogP contribution >= 0.6 is 0 Å². The van der Waals surface area contributed by atoms with Crippen molar-refractivity contribution in [3.8, 4) is 0 Å². The van der Waals surface area contributed by atoms with E-state index in [9.17, 15) is 0 Å². The molecule has 0 bridgehead atoms. The summed E-state index contributed by atoms with van der Waals surface area (Å²) >= 11 is 0. The molecule has 0 aromatic rings. The fraction of sp³-hybridized carbons (Fsp3) is 1.00. The highest BCUT2D eigenvalue weighted by molar-refractivity contribution is 5.00. The number of rotatable bonds is 5. The van der Waals surface area contributed by atoms with Gasteiger partial charge in [0.2, 0.25) is 0 Å². The second-order valence-corrected chi connectivity index (χ2v) is 5.26. The Morgan fingerprint density at radius 2 is 2.40 bits per heavy atom. The lowest BCUT2D eigenvalue weighted by molar-refractivity contribution is 0.0704. The summed E-state index contributed by atoms with van der Waals surface area (Å²) in [6, 6.07) is 0. The highest BCUT2D eigenvalue weighted by Crippen LogP contribution is 2.48. The molecule has 2 fully saturated rings. The van der Waals surface area contributed by atoms with Gasteiger partial charge in [0, 0.05) is 25.6 Å². The molecule has 1 aliphatic heterocycles. The highest BCUT2D eigenvalue weighted by Gasteiger charge is 2.48. The molecule has 2 aliphatic rings. The monoisotopic (exact) mass is 212 g/mol. The minimum atomic E-state index is 0.489. The third kappa shape index (κ3) is 2.19. The van der Waals surface area contributed by atoms with E-state index in [4.69, 9.17) is 10.5 Å². The number of methoxy groups -OCH3 is 1. The molecule has 0 aromatic carbocycles. The van der Waals surface area contributed by atoms with Gasteiger partial charge in [-0.25, -0.2) is 0 Å². The molecule has 0 aromatic heterocycles. The molecule has 1 heterocycles. The molecule has 0 spiro atoms. The Hall–Kier alpha value is -0.120. The van der Waals surface area contributed by atoms with Crippen molar-refractivity contribution in [1.82, 2.24) is 4.90 Å². The van der Waals surface area contributed by atoms with Crippen molar-refractivity contribution in [3.05, 3.63) is 0 Å². The molecule has 15 heavy (non-hydrogen) atoms. The second kappa shape index (κ2) is 4.81. The molecule has 0 amide bonds. The Bertz CT molecular complexity index is 210. The summed E-state index contributed by atoms with van der Waals surface area (Å²) in [6.07, 6.45) is 5.31. The summed E-state index contributed by atoms with van der Waals surface area (Å²) in [7, 11) is 1.84. The van der Waals surface area contributed by atoms with Crippen molar-refractivity contribution >= 4 is 0 Å². The molecule has 2 N–H and O–H groups in total. The molecule has 3 nitrogen and oxygen atoms in total. The van der Waals surface area contributed by atoms with E-state index in [2.05, 4.69) is 4.90 Å². The van der Waals surface area contributed by atoms with E-state index in [1.165, 1.54) is 38.9 Å². The minimum Gasteiger partial charge on any atom is -0.384 e. The summed E-state index contributed by atoms with van der Waals surface area (Å²) < 4.78 is 5.43. The zero-order valence-corrected chi connectivity index (χ0v) is 9.87. The maximum absolute atomic E-state index is 5.56. The Labute approximate surface area is 93.0 Å². The van der Waals surface area contributed by atoms with Crippen LogP contribution in [0, 0.1) is 11.3 Å². The molecular weight excluding hydrogens is 188 g/mol. The van der Waals surface area contributed by atoms with Crippen LogP contribution in [-0.2, 0) is 4.74 Å². The molecule has 0 unspecified atom stereocenters. The quantitative estimate of drug-likeness (QED) is 0.741. The highest BCUT2D eigenvalue weighted by atomic mass is 16.5. The molecule has 2 rings (SSSR count). The lowest BCUT2D eigenvalue weighted by Gasteiger charge is -2.28. The number of fused-ring (bicyclic) bond motifs is 1. The minimum absolute atomic E-state index is 0.489. The molecule has 1 saturated heterocycles. The number of nitrogens with two attached hydrogens (primary N) is 1. The van der Waals surface area contributed by atoms with Crippen molar-refractivity contribution in [3.63, 3.8) is 0 Å². The van der Waals surface area contributed by atoms with Crippen LogP contribution in [-0.4, -0.2) is 44.8 Å². The summed E-state index contributed by atoms with van der Waals surface area (Å²) in [5.41, 5.74) is 6.05. The third-order valence-electron chi connectivity index (χ3n) is 4.22. The van der Waals surface area contributed by atoms with Gasteiger partial charge in [0.25, 0.3) is 0 Å². The maximum Gasteiger partial charge on any atom is 0.0534 e. The van der Waals surface area contributed by atoms with Gasteiger partial charge in [0.15, 0.2) is 0 Å². The molecular formula is C12H24N2O. The van der Waals surface area contributed by atoms with Gasteiger partial charge in [-0.1, -0.05) is 6.42 Å². The van der Waals surface area contributed by atoms with E-state index >= 15 is 0 Å². The van der Waals surface area contributed by atoms with Gasteiger partial charge in [-0.2, -0.15) is 0 Å². The van der Waals surface area contributed by atoms with E-state index < -0.39 is 0 Å². The molecule has 88 valence electrons. The van der Waals surface area contributed by atoms with Crippen molar-refractivity contribution in [2.45, 2.75) is 25.7 Å². The predicted molar refractivity (Wildman–Crippen MR) is 61.8 cm³/mol. The van der Waals surface area contributed by atoms with Crippen LogP contribution in [0.4, 0.5) is 0 Å². The fourth-order valence-corrected chi connectivity index (χ4v) is 3.53. The van der Waals surface area contributed by atoms with Crippen molar-refractivity contribution in [2.75, 3.05) is 39.9 Å². The number of likely N-dealkylation sites (tertiary alicyclic amines) is 1. The molecule has 1 aliphatic carbocycles. The van der Waals surface area contributed by atoms with E-state index in [1.807, 2.05) is 7.11 Å². The molecule has 1 saturated carbocycles. The normalized spacial score (nSPS) is 36.0. The van der Waals surface area contributed by atoms with Crippen molar-refractivity contribution in [2.24, 2.45) is 17.1 Å². The first-order valence-electron chi connectivity index (χ1n) is 6.22. The van der Waals surface area contributed by atoms with Gasteiger partial charge in [-0.15, -0.1) is 0 Å². The second-order valence-electron chi connectivity index (χ2n) is 5.26. The summed E-state index contributed by atoms with van der Waals surface area (Å²) in [5, 5.41) is 0. The summed E-state index contributed by atoms with van der Waals surface area (Å²) in [5.74, 6) is 0.884. The molecule has 3 heteroatoms. The lowest BCUT2D eigenvalue weighted by atomic mass is 9.82. The van der Waals surface area contributed by atoms with Gasteiger partial charge in [-0.05, 0) is 38.3 Å². The van der Waals surface area contributed by atoms with Gasteiger partial charge in [-0.3, -0.25) is 0 Å². The SMILES string of the molecule is COC[C@]12CCC[C@@H]1CN(CCCN)C2. The third-order valence-corrected chi connectivity index (χ3v) is 4.22. The van der Waals surface area contributed by atoms with Gasteiger partial charge in [0.1, 0.15) is 0 Å². The first-order valence-corrected chi connectivity index (χ1v) is 6.22. The van der Waals surface area contributed by atoms with E-state index in [0.29, 0.717) is 5.41 Å². The summed E-state index contributed by atoms with van der Waals surface area (Å²) in [4.78, 5) is 2.59. The van der Waals surface area contributed by atoms with Crippen molar-refractivity contribution < 1.29 is 4.74 Å². The van der Waals surface area contributed by atoms with Crippen LogP contribution in [0.5, 0.6) is 0 Å². The smallest absolute Gasteiger partial charge is 0.0534 e. The van der Waals surface area contributed by atoms with Crippen molar-refractivity contribution in [1.29, 1.82) is 0 Å². The Morgan fingerprint density at radius 3 is 3.13 bits per heavy atom. The number of hydrogen-bond donors (Lipinski definition) is 1. The van der Waals surface area contributed by atoms with Crippen LogP contribution in [0.2, 0.25) is 0 Å². The topological polar surface area (TPSA) is 38.5 Å². The molecule has 2 atom stereocenters. The predicted octanol–water partition coefficient (Wildman–Crippen LogP) is 1.08. The Morgan fingerprint density at radius 1 is 1.53 bits per heavy atom. The largest absolute Gasteiger partial charge is 0.384 e. The number of ether oxygens (including phenoxy) is 1. The standard InChI is InChI=1S/C12H24N2O/c1-15-10-12-5-2-4-11(12)8-14(9-12)7-3-6-13/h11H,2-10,13H2,1H3/t11-,12-/m1/s1. The fourth-order valence-electron chi connectivity index (χ4n) is 3.53. The van der Waals surface area contributed by atoms with E-state index in [-0.39, 0.29) is 0 Å². The average Bonchev–Trinajstić information content (AvgIpc) is 2.71. The van der Waals surface area contributed by atoms with Gasteiger partial charge in [0.05, 0.1) is 6.61 Å². The van der Waals surface area contributed by atoms with E-state index in [0.717, 1.165) is 25.5 Å².